The quantitative estimate of drug-likeness (QED) is 0.481. The Morgan fingerprint density at radius 3 is 1.50 bits per heavy atom. The molecule has 0 aromatic heterocycles. The average Bonchev–Trinajstić information content (AvgIpc) is 2.74. The van der Waals surface area contributed by atoms with Crippen molar-refractivity contribution < 1.29 is 23.7 Å². The van der Waals surface area contributed by atoms with Gasteiger partial charge in [0.2, 0.25) is 0 Å². The molecule has 0 saturated carbocycles. The third-order valence-electron chi connectivity index (χ3n) is 7.26. The van der Waals surface area contributed by atoms with Crippen molar-refractivity contribution in [2.75, 3.05) is 39.6 Å². The molecule has 2 heterocycles. The highest BCUT2D eigenvalue weighted by atomic mass is 16.5. The molecule has 0 spiro atoms. The van der Waals surface area contributed by atoms with Crippen molar-refractivity contribution >= 4 is 5.78 Å². The van der Waals surface area contributed by atoms with Crippen LogP contribution in [0.5, 0.6) is 11.5 Å². The summed E-state index contributed by atoms with van der Waals surface area (Å²) in [7, 11) is 0. The Bertz CT molecular complexity index is 883. The van der Waals surface area contributed by atoms with Gasteiger partial charge in [0.15, 0.2) is 5.78 Å². The van der Waals surface area contributed by atoms with Gasteiger partial charge < -0.3 is 18.9 Å². The summed E-state index contributed by atoms with van der Waals surface area (Å²) < 4.78 is 23.1. The van der Waals surface area contributed by atoms with Crippen LogP contribution in [0.4, 0.5) is 0 Å². The number of benzene rings is 2. The van der Waals surface area contributed by atoms with E-state index in [1.165, 1.54) is 0 Å². The Hall–Kier alpha value is -2.37. The first-order valence-electron chi connectivity index (χ1n) is 11.6. The third-order valence-corrected chi connectivity index (χ3v) is 7.26. The SMILES string of the molecule is CCC1(COc2cccc(C(=O)c3cccc(OCC4(CC)COC4)c3C)c2C)COC1. The van der Waals surface area contributed by atoms with E-state index in [0.29, 0.717) is 24.3 Å². The zero-order valence-corrected chi connectivity index (χ0v) is 19.7. The molecule has 172 valence electrons. The van der Waals surface area contributed by atoms with Crippen LogP contribution in [0.15, 0.2) is 36.4 Å². The second-order valence-corrected chi connectivity index (χ2v) is 9.46. The van der Waals surface area contributed by atoms with Gasteiger partial charge in [-0.15, -0.1) is 0 Å². The van der Waals surface area contributed by atoms with Crippen molar-refractivity contribution in [2.24, 2.45) is 10.8 Å². The van der Waals surface area contributed by atoms with Gasteiger partial charge in [-0.2, -0.15) is 0 Å². The lowest BCUT2D eigenvalue weighted by Gasteiger charge is -2.40. The third kappa shape index (κ3) is 4.28. The summed E-state index contributed by atoms with van der Waals surface area (Å²) >= 11 is 0. The summed E-state index contributed by atoms with van der Waals surface area (Å²) in [6, 6.07) is 11.4. The summed E-state index contributed by atoms with van der Waals surface area (Å²) in [6.07, 6.45) is 2.03. The van der Waals surface area contributed by atoms with Gasteiger partial charge in [-0.25, -0.2) is 0 Å². The monoisotopic (exact) mass is 438 g/mol. The molecule has 2 aromatic rings. The van der Waals surface area contributed by atoms with Gasteiger partial charge in [0.1, 0.15) is 11.5 Å². The minimum absolute atomic E-state index is 0.00901. The van der Waals surface area contributed by atoms with Crippen LogP contribution in [-0.2, 0) is 9.47 Å². The number of carbonyl (C=O) groups is 1. The fourth-order valence-corrected chi connectivity index (χ4v) is 4.20. The molecule has 5 heteroatoms. The summed E-state index contributed by atoms with van der Waals surface area (Å²) in [5.41, 5.74) is 3.25. The predicted octanol–water partition coefficient (Wildman–Crippen LogP) is 5.15. The van der Waals surface area contributed by atoms with E-state index in [9.17, 15) is 4.79 Å². The lowest BCUT2D eigenvalue weighted by atomic mass is 9.84. The smallest absolute Gasteiger partial charge is 0.193 e. The van der Waals surface area contributed by atoms with Crippen molar-refractivity contribution in [1.29, 1.82) is 0 Å². The molecule has 0 radical (unpaired) electrons. The van der Waals surface area contributed by atoms with E-state index in [0.717, 1.165) is 61.9 Å². The molecule has 0 atom stereocenters. The maximum Gasteiger partial charge on any atom is 0.193 e. The molecule has 0 aliphatic carbocycles. The van der Waals surface area contributed by atoms with Crippen LogP contribution >= 0.6 is 0 Å². The van der Waals surface area contributed by atoms with Crippen LogP contribution in [0.1, 0.15) is 53.7 Å². The Morgan fingerprint density at radius 1 is 0.781 bits per heavy atom. The summed E-state index contributed by atoms with van der Waals surface area (Å²) in [5, 5.41) is 0. The van der Waals surface area contributed by atoms with Crippen LogP contribution in [0, 0.1) is 24.7 Å². The summed E-state index contributed by atoms with van der Waals surface area (Å²) in [6.45, 7) is 12.4. The van der Waals surface area contributed by atoms with Crippen molar-refractivity contribution in [3.05, 3.63) is 58.7 Å². The van der Waals surface area contributed by atoms with Crippen LogP contribution < -0.4 is 9.47 Å². The molecule has 2 saturated heterocycles. The minimum atomic E-state index is -0.00901. The average molecular weight is 439 g/mol. The largest absolute Gasteiger partial charge is 0.493 e. The minimum Gasteiger partial charge on any atom is -0.493 e. The fourth-order valence-electron chi connectivity index (χ4n) is 4.20. The van der Waals surface area contributed by atoms with E-state index in [1.807, 2.05) is 50.2 Å². The van der Waals surface area contributed by atoms with Crippen LogP contribution in [0.2, 0.25) is 0 Å². The van der Waals surface area contributed by atoms with Crippen molar-refractivity contribution in [3.63, 3.8) is 0 Å². The number of rotatable bonds is 10. The number of ether oxygens (including phenoxy) is 4. The van der Waals surface area contributed by atoms with Crippen molar-refractivity contribution in [3.8, 4) is 11.5 Å². The van der Waals surface area contributed by atoms with Gasteiger partial charge in [0.05, 0.1) is 50.5 Å². The Kier molecular flexibility index (Phi) is 6.59. The standard InChI is InChI=1S/C27H34O5/c1-5-26(13-29-14-26)17-31-23-11-7-9-21(19(23)3)25(28)22-10-8-12-24(20(22)4)32-18-27(6-2)15-30-16-27/h7-12H,5-6,13-18H2,1-4H3. The van der Waals surface area contributed by atoms with Crippen LogP contribution in [0.3, 0.4) is 0 Å². The normalized spacial score (nSPS) is 18.4. The lowest BCUT2D eigenvalue weighted by molar-refractivity contribution is -0.133. The second kappa shape index (κ2) is 9.24. The van der Waals surface area contributed by atoms with Gasteiger partial charge in [0.25, 0.3) is 0 Å². The highest BCUT2D eigenvalue weighted by molar-refractivity contribution is 6.11. The molecule has 0 N–H and O–H groups in total. The van der Waals surface area contributed by atoms with Gasteiger partial charge in [-0.1, -0.05) is 38.1 Å². The zero-order chi connectivity index (χ0) is 22.8. The van der Waals surface area contributed by atoms with Crippen LogP contribution in [-0.4, -0.2) is 45.4 Å². The molecular weight excluding hydrogens is 404 g/mol. The molecule has 5 nitrogen and oxygen atoms in total. The summed E-state index contributed by atoms with van der Waals surface area (Å²) in [5.74, 6) is 1.51. The van der Waals surface area contributed by atoms with E-state index in [2.05, 4.69) is 13.8 Å². The molecule has 0 bridgehead atoms. The van der Waals surface area contributed by atoms with Gasteiger partial charge in [-0.3, -0.25) is 4.79 Å². The fraction of sp³-hybridized carbons (Fsp3) is 0.519. The number of ketones is 1. The first kappa shape index (κ1) is 22.8. The first-order chi connectivity index (χ1) is 15.4. The van der Waals surface area contributed by atoms with Crippen molar-refractivity contribution in [2.45, 2.75) is 40.5 Å². The molecule has 2 aliphatic rings. The molecular formula is C27H34O5. The predicted molar refractivity (Wildman–Crippen MR) is 124 cm³/mol. The first-order valence-corrected chi connectivity index (χ1v) is 11.6. The number of hydrogen-bond donors (Lipinski definition) is 0. The lowest BCUT2D eigenvalue weighted by Crippen LogP contribution is -2.46. The van der Waals surface area contributed by atoms with E-state index in [4.69, 9.17) is 18.9 Å². The molecule has 32 heavy (non-hydrogen) atoms. The topological polar surface area (TPSA) is 54.0 Å². The maximum absolute atomic E-state index is 13.5. The van der Waals surface area contributed by atoms with Gasteiger partial charge >= 0.3 is 0 Å². The second-order valence-electron chi connectivity index (χ2n) is 9.46. The van der Waals surface area contributed by atoms with Crippen LogP contribution in [0.25, 0.3) is 0 Å². The Labute approximate surface area is 191 Å². The number of carbonyl (C=O) groups excluding carboxylic acids is 1. The van der Waals surface area contributed by atoms with E-state index < -0.39 is 0 Å². The van der Waals surface area contributed by atoms with E-state index >= 15 is 0 Å². The zero-order valence-electron chi connectivity index (χ0n) is 19.7. The van der Waals surface area contributed by atoms with Gasteiger partial charge in [-0.05, 0) is 38.8 Å². The maximum atomic E-state index is 13.5. The van der Waals surface area contributed by atoms with Gasteiger partial charge in [0, 0.05) is 22.3 Å². The van der Waals surface area contributed by atoms with E-state index in [-0.39, 0.29) is 16.6 Å². The highest BCUT2D eigenvalue weighted by Crippen LogP contribution is 2.35. The summed E-state index contributed by atoms with van der Waals surface area (Å²) in [4.78, 5) is 13.5. The van der Waals surface area contributed by atoms with Crippen molar-refractivity contribution in [1.82, 2.24) is 0 Å². The number of hydrogen-bond acceptors (Lipinski definition) is 5. The molecule has 0 unspecified atom stereocenters. The Morgan fingerprint density at radius 2 is 1.19 bits per heavy atom. The Balaban J connectivity index is 1.51. The molecule has 2 fully saturated rings. The molecule has 2 aliphatic heterocycles. The highest BCUT2D eigenvalue weighted by Gasteiger charge is 2.38. The molecule has 0 amide bonds. The molecule has 2 aromatic carbocycles. The van der Waals surface area contributed by atoms with E-state index in [1.54, 1.807) is 0 Å². The molecule has 4 rings (SSSR count).